The van der Waals surface area contributed by atoms with Crippen molar-refractivity contribution in [1.82, 2.24) is 9.36 Å². The van der Waals surface area contributed by atoms with Crippen molar-refractivity contribution in [1.29, 1.82) is 0 Å². The molecule has 2 rings (SSSR count). The van der Waals surface area contributed by atoms with Crippen LogP contribution in [0.25, 0.3) is 0 Å². The monoisotopic (exact) mass is 277 g/mol. The zero-order valence-corrected chi connectivity index (χ0v) is 11.6. The summed E-state index contributed by atoms with van der Waals surface area (Å²) >= 11 is 1.37. The molecule has 0 saturated heterocycles. The summed E-state index contributed by atoms with van der Waals surface area (Å²) in [5.74, 6) is 0.883. The predicted octanol–water partition coefficient (Wildman–Crippen LogP) is 1.58. The van der Waals surface area contributed by atoms with Gasteiger partial charge in [0.05, 0.1) is 0 Å². The topological polar surface area (TPSA) is 87.6 Å². The van der Waals surface area contributed by atoms with E-state index >= 15 is 0 Å². The van der Waals surface area contributed by atoms with Gasteiger partial charge in [-0.25, -0.2) is 4.98 Å². The molecule has 3 N–H and O–H groups in total. The average molecular weight is 277 g/mol. The number of hydrogen-bond donors (Lipinski definition) is 2. The van der Waals surface area contributed by atoms with Crippen LogP contribution >= 0.6 is 11.5 Å². The van der Waals surface area contributed by atoms with Crippen LogP contribution in [0.1, 0.15) is 17.0 Å². The van der Waals surface area contributed by atoms with Crippen molar-refractivity contribution in [2.45, 2.75) is 13.5 Å². The molecule has 19 heavy (non-hydrogen) atoms. The van der Waals surface area contributed by atoms with Gasteiger partial charge in [-0.3, -0.25) is 0 Å². The van der Waals surface area contributed by atoms with Gasteiger partial charge in [0.1, 0.15) is 5.82 Å². The first-order valence-corrected chi connectivity index (χ1v) is 6.46. The molecule has 0 atom stereocenters. The van der Waals surface area contributed by atoms with Gasteiger partial charge in [-0.15, -0.1) is 0 Å². The molecule has 0 amide bonds. The smallest absolute Gasteiger partial charge is 0.205 e. The molecule has 0 aliphatic carbocycles. The second kappa shape index (κ2) is 5.66. The normalized spacial score (nSPS) is 11.6. The molecule has 0 fully saturated rings. The van der Waals surface area contributed by atoms with Gasteiger partial charge in [0, 0.05) is 30.7 Å². The maximum Gasteiger partial charge on any atom is 0.205 e. The summed E-state index contributed by atoms with van der Waals surface area (Å²) in [5.41, 5.74) is 7.33. The minimum atomic E-state index is 0.108. The van der Waals surface area contributed by atoms with E-state index in [2.05, 4.69) is 14.5 Å². The van der Waals surface area contributed by atoms with Gasteiger partial charge in [-0.1, -0.05) is 23.4 Å². The number of aromatic nitrogens is 2. The highest BCUT2D eigenvalue weighted by Gasteiger charge is 2.08. The van der Waals surface area contributed by atoms with Gasteiger partial charge in [-0.2, -0.15) is 4.37 Å². The fraction of sp³-hybridized carbons (Fsp3) is 0.250. The quantitative estimate of drug-likeness (QED) is 0.383. The first kappa shape index (κ1) is 13.3. The Morgan fingerprint density at radius 1 is 1.53 bits per heavy atom. The average Bonchev–Trinajstić information content (AvgIpc) is 2.85. The van der Waals surface area contributed by atoms with Crippen molar-refractivity contribution in [3.63, 3.8) is 0 Å². The van der Waals surface area contributed by atoms with Crippen molar-refractivity contribution in [3.8, 4) is 0 Å². The molecule has 0 saturated carbocycles. The van der Waals surface area contributed by atoms with E-state index in [9.17, 15) is 0 Å². The third kappa shape index (κ3) is 3.19. The van der Waals surface area contributed by atoms with Gasteiger partial charge < -0.3 is 15.8 Å². The van der Waals surface area contributed by atoms with Crippen molar-refractivity contribution in [2.24, 2.45) is 10.9 Å². The number of aryl methyl sites for hydroxylation is 1. The van der Waals surface area contributed by atoms with Crippen LogP contribution in [0, 0.1) is 6.92 Å². The molecular weight excluding hydrogens is 262 g/mol. The molecular formula is C12H15N5OS. The molecule has 2 aromatic rings. The van der Waals surface area contributed by atoms with Crippen LogP contribution in [0.2, 0.25) is 0 Å². The summed E-state index contributed by atoms with van der Waals surface area (Å²) in [6.07, 6.45) is 0. The number of oxime groups is 1. The second-order valence-corrected chi connectivity index (χ2v) is 4.90. The Labute approximate surface area is 115 Å². The zero-order chi connectivity index (χ0) is 13.8. The van der Waals surface area contributed by atoms with E-state index < -0.39 is 0 Å². The Bertz CT molecular complexity index is 595. The molecule has 0 radical (unpaired) electrons. The zero-order valence-electron chi connectivity index (χ0n) is 10.7. The summed E-state index contributed by atoms with van der Waals surface area (Å²) in [7, 11) is 1.95. The number of nitrogens with two attached hydrogens (primary N) is 1. The summed E-state index contributed by atoms with van der Waals surface area (Å²) in [5, 5.41) is 12.5. The van der Waals surface area contributed by atoms with Gasteiger partial charge in [0.15, 0.2) is 5.84 Å². The Hall–Kier alpha value is -2.15. The highest BCUT2D eigenvalue weighted by molar-refractivity contribution is 7.09. The number of nitrogens with zero attached hydrogens (tertiary/aromatic N) is 4. The van der Waals surface area contributed by atoms with E-state index in [1.165, 1.54) is 11.5 Å². The number of amidine groups is 1. The van der Waals surface area contributed by atoms with E-state index in [1.807, 2.05) is 37.1 Å². The molecule has 0 unspecified atom stereocenters. The molecule has 100 valence electrons. The highest BCUT2D eigenvalue weighted by atomic mass is 32.1. The van der Waals surface area contributed by atoms with E-state index in [0.29, 0.717) is 12.1 Å². The maximum atomic E-state index is 8.68. The molecule has 7 heteroatoms. The molecule has 0 spiro atoms. The van der Waals surface area contributed by atoms with Crippen LogP contribution in [0.5, 0.6) is 0 Å². The van der Waals surface area contributed by atoms with Crippen LogP contribution in [-0.2, 0) is 6.54 Å². The summed E-state index contributed by atoms with van der Waals surface area (Å²) in [6.45, 7) is 2.55. The second-order valence-electron chi connectivity index (χ2n) is 4.17. The Kier molecular flexibility index (Phi) is 3.96. The van der Waals surface area contributed by atoms with Gasteiger partial charge in [-0.05, 0) is 18.6 Å². The minimum absolute atomic E-state index is 0.108. The summed E-state index contributed by atoms with van der Waals surface area (Å²) in [6, 6.07) is 7.55. The standard InChI is InChI=1S/C12H15N5OS/c1-8-14-12(19-16-8)17(2)7-9-4-3-5-10(6-9)11(13)15-18/h3-6,18H,7H2,1-2H3,(H2,13,15). The molecule has 6 nitrogen and oxygen atoms in total. The lowest BCUT2D eigenvalue weighted by Crippen LogP contribution is -2.17. The lowest BCUT2D eigenvalue weighted by Gasteiger charge is -2.15. The van der Waals surface area contributed by atoms with E-state index in [-0.39, 0.29) is 5.84 Å². The van der Waals surface area contributed by atoms with Crippen molar-refractivity contribution in [3.05, 3.63) is 41.2 Å². The van der Waals surface area contributed by atoms with Crippen LogP contribution < -0.4 is 10.6 Å². The highest BCUT2D eigenvalue weighted by Crippen LogP contribution is 2.18. The summed E-state index contributed by atoms with van der Waals surface area (Å²) < 4.78 is 4.16. The van der Waals surface area contributed by atoms with E-state index in [4.69, 9.17) is 10.9 Å². The Morgan fingerprint density at radius 3 is 2.95 bits per heavy atom. The van der Waals surface area contributed by atoms with Gasteiger partial charge in [0.25, 0.3) is 0 Å². The molecule has 1 aromatic heterocycles. The minimum Gasteiger partial charge on any atom is -0.409 e. The van der Waals surface area contributed by atoms with Crippen LogP contribution in [0.3, 0.4) is 0 Å². The molecule has 0 aliphatic heterocycles. The molecule has 1 aromatic carbocycles. The largest absolute Gasteiger partial charge is 0.409 e. The third-order valence-electron chi connectivity index (χ3n) is 2.59. The van der Waals surface area contributed by atoms with Crippen LogP contribution in [0.4, 0.5) is 5.13 Å². The van der Waals surface area contributed by atoms with Crippen LogP contribution in [0.15, 0.2) is 29.4 Å². The lowest BCUT2D eigenvalue weighted by atomic mass is 10.1. The Balaban J connectivity index is 2.15. The summed E-state index contributed by atoms with van der Waals surface area (Å²) in [4.78, 5) is 6.34. The van der Waals surface area contributed by atoms with Crippen molar-refractivity contribution >= 4 is 22.5 Å². The Morgan fingerprint density at radius 2 is 2.32 bits per heavy atom. The number of rotatable bonds is 4. The van der Waals surface area contributed by atoms with E-state index in [1.54, 1.807) is 6.07 Å². The third-order valence-corrected chi connectivity index (χ3v) is 3.52. The number of benzene rings is 1. The molecule has 0 bridgehead atoms. The molecule has 0 aliphatic rings. The van der Waals surface area contributed by atoms with Crippen molar-refractivity contribution < 1.29 is 5.21 Å². The lowest BCUT2D eigenvalue weighted by molar-refractivity contribution is 0.318. The first-order chi connectivity index (χ1) is 9.10. The van der Waals surface area contributed by atoms with Crippen LogP contribution in [-0.4, -0.2) is 27.4 Å². The maximum absolute atomic E-state index is 8.68. The van der Waals surface area contributed by atoms with Gasteiger partial charge in [0.2, 0.25) is 5.13 Å². The van der Waals surface area contributed by atoms with Gasteiger partial charge >= 0.3 is 0 Å². The molecule has 1 heterocycles. The predicted molar refractivity (Wildman–Crippen MR) is 75.7 cm³/mol. The van der Waals surface area contributed by atoms with E-state index in [0.717, 1.165) is 16.5 Å². The SMILES string of the molecule is Cc1nsc(N(C)Cc2cccc(C(N)=NO)c2)n1. The fourth-order valence-corrected chi connectivity index (χ4v) is 2.30. The fourth-order valence-electron chi connectivity index (χ4n) is 1.67. The van der Waals surface area contributed by atoms with Crippen molar-refractivity contribution in [2.75, 3.05) is 11.9 Å². The number of hydrogen-bond acceptors (Lipinski definition) is 6. The first-order valence-electron chi connectivity index (χ1n) is 5.68. The number of anilines is 1.